The van der Waals surface area contributed by atoms with Crippen LogP contribution in [0.3, 0.4) is 0 Å². The fourth-order valence-corrected chi connectivity index (χ4v) is 14.6. The Morgan fingerprint density at radius 2 is 0.495 bits per heavy atom. The van der Waals surface area contributed by atoms with Gasteiger partial charge in [0.1, 0.15) is 19.3 Å². The first-order chi connectivity index (χ1) is 49.8. The molecule has 0 aliphatic heterocycles. The highest BCUT2D eigenvalue weighted by molar-refractivity contribution is 7.47. The van der Waals surface area contributed by atoms with Gasteiger partial charge in [-0.1, -0.05) is 389 Å². The molecule has 0 aromatic carbocycles. The molecule has 0 aromatic rings. The van der Waals surface area contributed by atoms with Crippen molar-refractivity contribution >= 4 is 39.5 Å². The van der Waals surface area contributed by atoms with E-state index in [1.807, 2.05) is 0 Å². The van der Waals surface area contributed by atoms with E-state index in [4.69, 9.17) is 37.0 Å². The molecule has 0 saturated heterocycles. The topological polar surface area (TPSA) is 237 Å². The smallest absolute Gasteiger partial charge is 0.462 e. The van der Waals surface area contributed by atoms with Crippen LogP contribution in [-0.4, -0.2) is 96.7 Å². The number of aliphatic hydroxyl groups is 1. The molecular weight excluding hydrogens is 1340 g/mol. The minimum absolute atomic E-state index is 0.104. The summed E-state index contributed by atoms with van der Waals surface area (Å²) in [5.74, 6) is 0.204. The molecule has 0 bridgehead atoms. The second-order valence-electron chi connectivity index (χ2n) is 31.4. The van der Waals surface area contributed by atoms with E-state index in [-0.39, 0.29) is 25.7 Å². The first-order valence-corrected chi connectivity index (χ1v) is 46.4. The molecule has 0 heterocycles. The SMILES string of the molecule is CCCCCCCCCCCCCCCCCCCCCC(=O)OC[C@H](COP(=O)(O)OC[C@@H](O)COP(=O)(O)OC[C@@H](COC(=O)CCCCCCCCCCC(C)C)OC(=O)CCCCCCCCCCC(C)C)OC(=O)CCCCCCCCCCCCCCCCCCCCC(C)CC. The van der Waals surface area contributed by atoms with Crippen molar-refractivity contribution in [3.05, 3.63) is 0 Å². The summed E-state index contributed by atoms with van der Waals surface area (Å²) in [6, 6.07) is 0. The maximum absolute atomic E-state index is 13.1. The number of rotatable bonds is 82. The summed E-state index contributed by atoms with van der Waals surface area (Å²) in [5, 5.41) is 10.7. The lowest BCUT2D eigenvalue weighted by atomic mass is 9.99. The Labute approximate surface area is 632 Å². The van der Waals surface area contributed by atoms with E-state index >= 15 is 0 Å². The van der Waals surface area contributed by atoms with Gasteiger partial charge in [-0.05, 0) is 43.4 Å². The average molecular weight is 1510 g/mol. The summed E-state index contributed by atoms with van der Waals surface area (Å²) in [4.78, 5) is 73.1. The summed E-state index contributed by atoms with van der Waals surface area (Å²) in [6.07, 6.45) is 64.1. The quantitative estimate of drug-likeness (QED) is 0.0222. The largest absolute Gasteiger partial charge is 0.472 e. The number of hydrogen-bond acceptors (Lipinski definition) is 15. The fraction of sp³-hybridized carbons (Fsp3) is 0.952. The normalized spacial score (nSPS) is 14.2. The van der Waals surface area contributed by atoms with E-state index in [1.165, 1.54) is 250 Å². The number of ether oxygens (including phenoxy) is 4. The zero-order valence-electron chi connectivity index (χ0n) is 67.8. The highest BCUT2D eigenvalue weighted by Gasteiger charge is 2.30. The van der Waals surface area contributed by atoms with Crippen LogP contribution in [0.2, 0.25) is 0 Å². The average Bonchev–Trinajstić information content (AvgIpc) is 0.917. The van der Waals surface area contributed by atoms with Crippen molar-refractivity contribution in [1.82, 2.24) is 0 Å². The zero-order valence-corrected chi connectivity index (χ0v) is 69.6. The van der Waals surface area contributed by atoms with E-state index in [0.717, 1.165) is 108 Å². The Balaban J connectivity index is 5.21. The Hall–Kier alpha value is -1.94. The third-order valence-corrected chi connectivity index (χ3v) is 21.9. The third-order valence-electron chi connectivity index (χ3n) is 20.0. The number of esters is 4. The van der Waals surface area contributed by atoms with E-state index in [0.29, 0.717) is 25.7 Å². The molecule has 0 saturated carbocycles. The number of unbranched alkanes of at least 4 members (excludes halogenated alkanes) is 49. The van der Waals surface area contributed by atoms with Crippen molar-refractivity contribution in [2.45, 2.75) is 458 Å². The number of aliphatic hydroxyl groups excluding tert-OH is 1. The third kappa shape index (κ3) is 76.6. The Morgan fingerprint density at radius 1 is 0.282 bits per heavy atom. The van der Waals surface area contributed by atoms with Gasteiger partial charge in [-0.3, -0.25) is 37.3 Å². The van der Waals surface area contributed by atoms with Gasteiger partial charge < -0.3 is 33.8 Å². The predicted molar refractivity (Wildman–Crippen MR) is 423 cm³/mol. The van der Waals surface area contributed by atoms with Crippen molar-refractivity contribution in [3.8, 4) is 0 Å². The minimum atomic E-state index is -4.96. The molecule has 0 fully saturated rings. The summed E-state index contributed by atoms with van der Waals surface area (Å²) < 4.78 is 68.8. The van der Waals surface area contributed by atoms with Gasteiger partial charge in [0.25, 0.3) is 0 Å². The van der Waals surface area contributed by atoms with Gasteiger partial charge >= 0.3 is 39.5 Å². The molecule has 3 unspecified atom stereocenters. The van der Waals surface area contributed by atoms with E-state index < -0.39 is 97.5 Å². The van der Waals surface area contributed by atoms with Crippen molar-refractivity contribution in [2.24, 2.45) is 17.8 Å². The maximum Gasteiger partial charge on any atom is 0.472 e. The van der Waals surface area contributed by atoms with Gasteiger partial charge in [-0.25, -0.2) is 9.13 Å². The first kappa shape index (κ1) is 101. The molecule has 0 aromatic heterocycles. The minimum Gasteiger partial charge on any atom is -0.462 e. The molecule has 6 atom stereocenters. The second-order valence-corrected chi connectivity index (χ2v) is 34.3. The van der Waals surface area contributed by atoms with Crippen molar-refractivity contribution < 1.29 is 80.2 Å². The van der Waals surface area contributed by atoms with Crippen molar-refractivity contribution in [2.75, 3.05) is 39.6 Å². The van der Waals surface area contributed by atoms with E-state index in [2.05, 4.69) is 48.5 Å². The van der Waals surface area contributed by atoms with Crippen LogP contribution in [0.5, 0.6) is 0 Å². The number of phosphoric ester groups is 2. The van der Waals surface area contributed by atoms with Crippen molar-refractivity contribution in [1.29, 1.82) is 0 Å². The van der Waals surface area contributed by atoms with Crippen LogP contribution in [0, 0.1) is 17.8 Å². The number of phosphoric acid groups is 2. The van der Waals surface area contributed by atoms with E-state index in [1.54, 1.807) is 0 Å². The van der Waals surface area contributed by atoms with E-state index in [9.17, 15) is 43.2 Å². The molecule has 0 spiro atoms. The van der Waals surface area contributed by atoms with Gasteiger partial charge in [0.15, 0.2) is 12.2 Å². The van der Waals surface area contributed by atoms with Crippen LogP contribution in [-0.2, 0) is 65.4 Å². The van der Waals surface area contributed by atoms with Gasteiger partial charge in [0.05, 0.1) is 26.4 Å². The first-order valence-electron chi connectivity index (χ1n) is 43.4. The predicted octanol–water partition coefficient (Wildman–Crippen LogP) is 25.3. The van der Waals surface area contributed by atoms with Gasteiger partial charge in [-0.2, -0.15) is 0 Å². The summed E-state index contributed by atoms with van der Waals surface area (Å²) >= 11 is 0. The number of carbonyl (C=O) groups excluding carboxylic acids is 4. The molecule has 3 N–H and O–H groups in total. The molecular formula is C84H164O17P2. The molecule has 19 heteroatoms. The van der Waals surface area contributed by atoms with Gasteiger partial charge in [0.2, 0.25) is 0 Å². The maximum atomic E-state index is 13.1. The lowest BCUT2D eigenvalue weighted by molar-refractivity contribution is -0.161. The fourth-order valence-electron chi connectivity index (χ4n) is 13.0. The molecule has 0 rings (SSSR count). The Bertz CT molecular complexity index is 1990. The van der Waals surface area contributed by atoms with Crippen LogP contribution in [0.25, 0.3) is 0 Å². The summed E-state index contributed by atoms with van der Waals surface area (Å²) in [7, 11) is -9.92. The van der Waals surface area contributed by atoms with Gasteiger partial charge in [0, 0.05) is 25.7 Å². The highest BCUT2D eigenvalue weighted by atomic mass is 31.2. The van der Waals surface area contributed by atoms with Crippen LogP contribution < -0.4 is 0 Å². The molecule has 0 aliphatic rings. The molecule has 17 nitrogen and oxygen atoms in total. The van der Waals surface area contributed by atoms with Crippen LogP contribution in [0.1, 0.15) is 440 Å². The summed E-state index contributed by atoms with van der Waals surface area (Å²) in [5.41, 5.74) is 0. The molecule has 0 amide bonds. The molecule has 103 heavy (non-hydrogen) atoms. The molecule has 0 radical (unpaired) electrons. The van der Waals surface area contributed by atoms with Crippen LogP contribution >= 0.6 is 15.6 Å². The van der Waals surface area contributed by atoms with Crippen LogP contribution in [0.4, 0.5) is 0 Å². The zero-order chi connectivity index (χ0) is 75.8. The Kier molecular flexibility index (Phi) is 72.8. The monoisotopic (exact) mass is 1510 g/mol. The highest BCUT2D eigenvalue weighted by Crippen LogP contribution is 2.45. The van der Waals surface area contributed by atoms with Crippen molar-refractivity contribution in [3.63, 3.8) is 0 Å². The second kappa shape index (κ2) is 74.2. The molecule has 612 valence electrons. The number of carbonyl (C=O) groups is 4. The number of hydrogen-bond donors (Lipinski definition) is 3. The summed E-state index contributed by atoms with van der Waals surface area (Å²) in [6.45, 7) is 11.9. The standard InChI is InChI=1S/C84H164O17P2/c1-8-10-11-12-13-14-15-16-17-18-19-23-26-29-32-35-44-51-58-65-81(86)94-71-79(100-83(88)67-60-53-46-36-33-30-27-24-21-20-22-25-28-31-34-43-50-57-64-77(7)9-2)73-98-102(90,91)96-69-78(85)70-97-103(92,93)99-74-80(101-84(89)68-61-54-47-40-38-42-49-56-63-76(5)6)72-95-82(87)66-59-52-45-39-37-41-48-55-62-75(3)4/h75-80,85H,8-74H2,1-7H3,(H,90,91)(H,92,93)/t77?,78-,79-,80-/m1/s1. The Morgan fingerprint density at radius 3 is 0.738 bits per heavy atom. The molecule has 0 aliphatic carbocycles. The lowest BCUT2D eigenvalue weighted by Gasteiger charge is -2.21. The van der Waals surface area contributed by atoms with Gasteiger partial charge in [-0.15, -0.1) is 0 Å². The lowest BCUT2D eigenvalue weighted by Crippen LogP contribution is -2.30. The van der Waals surface area contributed by atoms with Crippen LogP contribution in [0.15, 0.2) is 0 Å².